The molecule has 3 aromatic rings. The third-order valence-corrected chi connectivity index (χ3v) is 7.14. The molecule has 0 aromatic heterocycles. The van der Waals surface area contributed by atoms with Crippen molar-refractivity contribution in [3.8, 4) is 11.5 Å². The van der Waals surface area contributed by atoms with Crippen LogP contribution in [0.15, 0.2) is 88.0 Å². The molecule has 1 atom stereocenters. The maximum Gasteiger partial charge on any atom is 0.336 e. The average Bonchev–Trinajstić information content (AvgIpc) is 3.18. The van der Waals surface area contributed by atoms with Gasteiger partial charge < -0.3 is 19.5 Å². The number of carbonyl (C=O) groups is 2. The number of fused-ring (bicyclic) bond motifs is 2. The monoisotopic (exact) mass is 559 g/mol. The Morgan fingerprint density at radius 2 is 1.73 bits per heavy atom. The van der Waals surface area contributed by atoms with Gasteiger partial charge in [-0.25, -0.2) is 4.79 Å². The van der Waals surface area contributed by atoms with Crippen molar-refractivity contribution < 1.29 is 23.8 Å². The van der Waals surface area contributed by atoms with Crippen molar-refractivity contribution >= 4 is 33.4 Å². The van der Waals surface area contributed by atoms with E-state index in [4.69, 9.17) is 14.2 Å². The summed E-state index contributed by atoms with van der Waals surface area (Å²) in [5, 5.41) is 3.32. The molecular formula is C30H26BrNO5. The van der Waals surface area contributed by atoms with Gasteiger partial charge >= 0.3 is 5.97 Å². The van der Waals surface area contributed by atoms with E-state index in [0.717, 1.165) is 16.8 Å². The lowest BCUT2D eigenvalue weighted by atomic mass is 9.79. The lowest BCUT2D eigenvalue weighted by molar-refractivity contribution is -0.138. The minimum Gasteiger partial charge on any atom is -0.493 e. The molecule has 188 valence electrons. The number of halogens is 1. The number of Topliss-reactive ketones (excluding diaryl/α,β-unsaturated/α-hetero) is 1. The van der Waals surface area contributed by atoms with Crippen molar-refractivity contribution in [3.05, 3.63) is 110 Å². The van der Waals surface area contributed by atoms with E-state index in [0.29, 0.717) is 50.5 Å². The molecule has 0 saturated heterocycles. The Hall–Kier alpha value is -3.84. The molecule has 37 heavy (non-hydrogen) atoms. The van der Waals surface area contributed by atoms with Crippen LogP contribution < -0.4 is 14.8 Å². The van der Waals surface area contributed by atoms with E-state index < -0.39 is 11.9 Å². The fraction of sp³-hybridized carbons (Fsp3) is 0.200. The highest BCUT2D eigenvalue weighted by molar-refractivity contribution is 9.10. The van der Waals surface area contributed by atoms with Gasteiger partial charge in [-0.05, 0) is 53.0 Å². The number of ether oxygens (including phenoxy) is 3. The van der Waals surface area contributed by atoms with E-state index in [9.17, 15) is 9.59 Å². The molecule has 0 unspecified atom stereocenters. The second-order valence-corrected chi connectivity index (χ2v) is 9.64. The minimum atomic E-state index is -0.649. The molecule has 6 nitrogen and oxygen atoms in total. The number of esters is 1. The standard InChI is InChI=1S/C30H26BrNO5/c1-4-36-30(34)24-17(2)32-27-20-12-8-9-13-21(20)28(33)26(27)25(24)19-14-22(31)29(23(15-19)35-3)37-16-18-10-6-5-7-11-18/h5-15,25,32H,4,16H2,1-3H3/t25-/m0/s1. The number of ketones is 1. The normalized spacial score (nSPS) is 16.2. The first-order valence-electron chi connectivity index (χ1n) is 12.0. The van der Waals surface area contributed by atoms with Gasteiger partial charge in [0.05, 0.1) is 29.5 Å². The van der Waals surface area contributed by atoms with Crippen LogP contribution in [0, 0.1) is 0 Å². The number of carbonyl (C=O) groups excluding carboxylic acids is 2. The van der Waals surface area contributed by atoms with Crippen LogP contribution in [0.3, 0.4) is 0 Å². The van der Waals surface area contributed by atoms with Gasteiger partial charge in [0.2, 0.25) is 0 Å². The highest BCUT2D eigenvalue weighted by Gasteiger charge is 2.43. The molecule has 1 aliphatic heterocycles. The zero-order valence-electron chi connectivity index (χ0n) is 20.8. The molecule has 1 heterocycles. The van der Waals surface area contributed by atoms with Crippen LogP contribution in [0.25, 0.3) is 5.70 Å². The zero-order chi connectivity index (χ0) is 26.1. The average molecular weight is 560 g/mol. The highest BCUT2D eigenvalue weighted by Crippen LogP contribution is 2.49. The molecule has 0 radical (unpaired) electrons. The molecule has 0 fully saturated rings. The third-order valence-electron chi connectivity index (χ3n) is 6.56. The van der Waals surface area contributed by atoms with Crippen molar-refractivity contribution in [1.82, 2.24) is 5.32 Å². The van der Waals surface area contributed by atoms with Crippen LogP contribution in [0.5, 0.6) is 11.5 Å². The Labute approximate surface area is 224 Å². The Bertz CT molecular complexity index is 1460. The summed E-state index contributed by atoms with van der Waals surface area (Å²) in [4.78, 5) is 26.9. The molecule has 0 saturated carbocycles. The first kappa shape index (κ1) is 24.8. The van der Waals surface area contributed by atoms with Gasteiger partial charge in [0.25, 0.3) is 0 Å². The molecule has 7 heteroatoms. The van der Waals surface area contributed by atoms with E-state index in [1.54, 1.807) is 14.0 Å². The minimum absolute atomic E-state index is 0.114. The fourth-order valence-corrected chi connectivity index (χ4v) is 5.49. The molecule has 0 bridgehead atoms. The van der Waals surface area contributed by atoms with Crippen LogP contribution in [0.4, 0.5) is 0 Å². The first-order chi connectivity index (χ1) is 17.9. The van der Waals surface area contributed by atoms with Crippen molar-refractivity contribution in [2.75, 3.05) is 13.7 Å². The van der Waals surface area contributed by atoms with E-state index in [-0.39, 0.29) is 12.4 Å². The van der Waals surface area contributed by atoms with Crippen LogP contribution in [0.1, 0.15) is 46.8 Å². The number of nitrogens with one attached hydrogen (secondary N) is 1. The summed E-state index contributed by atoms with van der Waals surface area (Å²) in [7, 11) is 1.57. The summed E-state index contributed by atoms with van der Waals surface area (Å²) in [6.07, 6.45) is 0. The van der Waals surface area contributed by atoms with Crippen LogP contribution in [-0.2, 0) is 16.1 Å². The lowest BCUT2D eigenvalue weighted by Crippen LogP contribution is -2.29. The quantitative estimate of drug-likeness (QED) is 0.349. The SMILES string of the molecule is CCOC(=O)C1=C(C)NC2=C(C(=O)c3ccccc32)[C@H]1c1cc(Br)c(OCc2ccccc2)c(OC)c1. The molecule has 1 aliphatic carbocycles. The number of rotatable bonds is 7. The van der Waals surface area contributed by atoms with Gasteiger partial charge in [0.1, 0.15) is 6.61 Å². The van der Waals surface area contributed by atoms with E-state index in [1.807, 2.05) is 73.7 Å². The second-order valence-electron chi connectivity index (χ2n) is 8.79. The van der Waals surface area contributed by atoms with Crippen molar-refractivity contribution in [1.29, 1.82) is 0 Å². The maximum atomic E-state index is 13.7. The van der Waals surface area contributed by atoms with Crippen molar-refractivity contribution in [2.24, 2.45) is 0 Å². The highest BCUT2D eigenvalue weighted by atomic mass is 79.9. The third kappa shape index (κ3) is 4.44. The van der Waals surface area contributed by atoms with Gasteiger partial charge in [-0.15, -0.1) is 0 Å². The van der Waals surface area contributed by atoms with Crippen LogP contribution in [-0.4, -0.2) is 25.5 Å². The fourth-order valence-electron chi connectivity index (χ4n) is 4.92. The number of benzene rings is 3. The summed E-state index contributed by atoms with van der Waals surface area (Å²) < 4.78 is 17.9. The summed E-state index contributed by atoms with van der Waals surface area (Å²) in [6, 6.07) is 21.0. The van der Waals surface area contributed by atoms with Crippen molar-refractivity contribution in [3.63, 3.8) is 0 Å². The largest absolute Gasteiger partial charge is 0.493 e. The summed E-state index contributed by atoms with van der Waals surface area (Å²) in [6.45, 7) is 4.18. The first-order valence-corrected chi connectivity index (χ1v) is 12.8. The maximum absolute atomic E-state index is 13.7. The van der Waals surface area contributed by atoms with Crippen LogP contribution in [0.2, 0.25) is 0 Å². The second kappa shape index (κ2) is 10.3. The van der Waals surface area contributed by atoms with Crippen molar-refractivity contribution in [2.45, 2.75) is 26.4 Å². The summed E-state index contributed by atoms with van der Waals surface area (Å²) in [5.41, 5.74) is 5.44. The predicted molar refractivity (Wildman–Crippen MR) is 144 cm³/mol. The van der Waals surface area contributed by atoms with E-state index in [1.165, 1.54) is 0 Å². The molecule has 5 rings (SSSR count). The van der Waals surface area contributed by atoms with Gasteiger partial charge in [-0.2, -0.15) is 0 Å². The Kier molecular flexibility index (Phi) is 6.89. The predicted octanol–water partition coefficient (Wildman–Crippen LogP) is 6.17. The number of hydrogen-bond donors (Lipinski definition) is 1. The molecule has 2 aliphatic rings. The zero-order valence-corrected chi connectivity index (χ0v) is 22.3. The Morgan fingerprint density at radius 1 is 1.03 bits per heavy atom. The van der Waals surface area contributed by atoms with Gasteiger partial charge in [0, 0.05) is 28.3 Å². The molecule has 3 aromatic carbocycles. The summed E-state index contributed by atoms with van der Waals surface area (Å²) in [5.74, 6) is -0.199. The summed E-state index contributed by atoms with van der Waals surface area (Å²) >= 11 is 3.64. The Balaban J connectivity index is 1.62. The number of dihydropyridines is 1. The molecule has 0 amide bonds. The molecular weight excluding hydrogens is 534 g/mol. The number of allylic oxidation sites excluding steroid dienone is 2. The van der Waals surface area contributed by atoms with Gasteiger partial charge in [-0.1, -0.05) is 54.6 Å². The van der Waals surface area contributed by atoms with Gasteiger partial charge in [0.15, 0.2) is 17.3 Å². The van der Waals surface area contributed by atoms with Gasteiger partial charge in [-0.3, -0.25) is 4.79 Å². The number of methoxy groups -OCH3 is 1. The molecule has 0 spiro atoms. The Morgan fingerprint density at radius 3 is 2.43 bits per heavy atom. The van der Waals surface area contributed by atoms with E-state index >= 15 is 0 Å². The lowest BCUT2D eigenvalue weighted by Gasteiger charge is -2.30. The smallest absolute Gasteiger partial charge is 0.336 e. The van der Waals surface area contributed by atoms with Crippen LogP contribution >= 0.6 is 15.9 Å². The molecule has 1 N–H and O–H groups in total. The van der Waals surface area contributed by atoms with E-state index in [2.05, 4.69) is 21.2 Å². The number of hydrogen-bond acceptors (Lipinski definition) is 6. The topological polar surface area (TPSA) is 73.9 Å².